The molecule has 0 bridgehead atoms. The van der Waals surface area contributed by atoms with Crippen molar-refractivity contribution in [1.29, 1.82) is 0 Å². The van der Waals surface area contributed by atoms with Gasteiger partial charge in [-0.1, -0.05) is 24.3 Å². The highest BCUT2D eigenvalue weighted by molar-refractivity contribution is 7.85. The van der Waals surface area contributed by atoms with Gasteiger partial charge >= 0.3 is 0 Å². The van der Waals surface area contributed by atoms with Crippen LogP contribution < -0.4 is 5.32 Å². The van der Waals surface area contributed by atoms with E-state index >= 15 is 0 Å². The highest BCUT2D eigenvalue weighted by Gasteiger charge is 2.23. The average Bonchev–Trinajstić information content (AvgIpc) is 2.67. The van der Waals surface area contributed by atoms with Gasteiger partial charge in [0.15, 0.2) is 0 Å². The van der Waals surface area contributed by atoms with Crippen LogP contribution in [0.3, 0.4) is 0 Å². The molecule has 0 aromatic heterocycles. The van der Waals surface area contributed by atoms with Crippen LogP contribution in [-0.4, -0.2) is 31.4 Å². The minimum atomic E-state index is -4.24. The zero-order chi connectivity index (χ0) is 13.2. The van der Waals surface area contributed by atoms with Crippen molar-refractivity contribution >= 4 is 10.1 Å². The number of nitrogens with one attached hydrogen (secondary N) is 1. The topological polar surface area (TPSA) is 66.4 Å². The summed E-state index contributed by atoms with van der Waals surface area (Å²) < 4.78 is 42.9. The van der Waals surface area contributed by atoms with E-state index in [4.69, 9.17) is 4.55 Å². The van der Waals surface area contributed by atoms with E-state index in [1.54, 1.807) is 0 Å². The van der Waals surface area contributed by atoms with E-state index in [1.807, 2.05) is 24.3 Å². The predicted molar refractivity (Wildman–Crippen MR) is 66.8 cm³/mol. The molecule has 0 amide bonds. The van der Waals surface area contributed by atoms with Crippen LogP contribution in [0.4, 0.5) is 4.39 Å². The first-order valence-electron chi connectivity index (χ1n) is 5.86. The first-order valence-corrected chi connectivity index (χ1v) is 7.47. The molecule has 0 aliphatic heterocycles. The fraction of sp³-hybridized carbons (Fsp3) is 0.500. The summed E-state index contributed by atoms with van der Waals surface area (Å²) in [6.45, 7) is -0.0706. The second kappa shape index (κ2) is 5.34. The zero-order valence-electron chi connectivity index (χ0n) is 9.84. The summed E-state index contributed by atoms with van der Waals surface area (Å²) in [7, 11) is -4.24. The van der Waals surface area contributed by atoms with Gasteiger partial charge in [0, 0.05) is 12.6 Å². The van der Waals surface area contributed by atoms with Crippen molar-refractivity contribution in [3.63, 3.8) is 0 Å². The van der Waals surface area contributed by atoms with Crippen molar-refractivity contribution in [2.45, 2.75) is 25.1 Å². The van der Waals surface area contributed by atoms with Crippen molar-refractivity contribution in [1.82, 2.24) is 5.32 Å². The Morgan fingerprint density at radius 3 is 2.89 bits per heavy atom. The van der Waals surface area contributed by atoms with Crippen molar-refractivity contribution < 1.29 is 17.4 Å². The molecule has 6 heteroatoms. The molecule has 1 aromatic rings. The zero-order valence-corrected chi connectivity index (χ0v) is 10.7. The molecule has 2 rings (SSSR count). The van der Waals surface area contributed by atoms with Gasteiger partial charge in [-0.25, -0.2) is 4.39 Å². The summed E-state index contributed by atoms with van der Waals surface area (Å²) in [4.78, 5) is 0. The van der Waals surface area contributed by atoms with Crippen LogP contribution in [0.2, 0.25) is 0 Å². The second-order valence-electron chi connectivity index (χ2n) is 4.54. The molecule has 0 saturated heterocycles. The molecule has 0 fully saturated rings. The van der Waals surface area contributed by atoms with Crippen molar-refractivity contribution in [2.75, 3.05) is 12.3 Å². The number of hydrogen-bond donors (Lipinski definition) is 2. The van der Waals surface area contributed by atoms with E-state index in [-0.39, 0.29) is 12.6 Å². The predicted octanol–water partition coefficient (Wildman–Crippen LogP) is 1.49. The highest BCUT2D eigenvalue weighted by atomic mass is 32.2. The Balaban J connectivity index is 1.89. The monoisotopic (exact) mass is 273 g/mol. The number of fused-ring (bicyclic) bond motifs is 1. The fourth-order valence-electron chi connectivity index (χ4n) is 2.33. The Labute approximate surface area is 106 Å². The molecule has 0 radical (unpaired) electrons. The summed E-state index contributed by atoms with van der Waals surface area (Å²) in [6, 6.07) is 8.01. The van der Waals surface area contributed by atoms with Gasteiger partial charge in [-0.3, -0.25) is 4.55 Å². The van der Waals surface area contributed by atoms with Gasteiger partial charge in [0.25, 0.3) is 10.1 Å². The maximum atomic E-state index is 13.3. The van der Waals surface area contributed by atoms with Gasteiger partial charge < -0.3 is 5.32 Å². The Bertz CT molecular complexity index is 518. The maximum absolute atomic E-state index is 13.3. The number of rotatable bonds is 5. The molecular formula is C12H16FNO3S. The van der Waals surface area contributed by atoms with Crippen LogP contribution in [0.5, 0.6) is 0 Å². The lowest BCUT2D eigenvalue weighted by Crippen LogP contribution is -2.31. The van der Waals surface area contributed by atoms with Crippen LogP contribution in [0.1, 0.15) is 23.6 Å². The molecule has 0 spiro atoms. The molecule has 1 unspecified atom stereocenters. The van der Waals surface area contributed by atoms with E-state index < -0.39 is 22.0 Å². The molecule has 1 aliphatic carbocycles. The van der Waals surface area contributed by atoms with Crippen LogP contribution >= 0.6 is 0 Å². The summed E-state index contributed by atoms with van der Waals surface area (Å²) in [5.41, 5.74) is 2.40. The van der Waals surface area contributed by atoms with E-state index in [1.165, 1.54) is 5.56 Å². The van der Waals surface area contributed by atoms with E-state index in [0.717, 1.165) is 18.4 Å². The Kier molecular flexibility index (Phi) is 3.99. The second-order valence-corrected chi connectivity index (χ2v) is 6.04. The quantitative estimate of drug-likeness (QED) is 0.798. The molecule has 0 saturated carbocycles. The lowest BCUT2D eigenvalue weighted by molar-refractivity contribution is 0.323. The molecular weight excluding hydrogens is 257 g/mol. The standard InChI is InChI=1S/C12H16FNO3S/c13-10(8-18(15,16)17)7-14-12-6-5-9-3-1-2-4-11(9)12/h1-4,10,12,14H,5-8H2,(H,15,16,17)/t10-,12?/m1/s1. The third-order valence-electron chi connectivity index (χ3n) is 3.11. The first kappa shape index (κ1) is 13.5. The molecule has 0 heterocycles. The smallest absolute Gasteiger partial charge is 0.267 e. The molecule has 4 nitrogen and oxygen atoms in total. The van der Waals surface area contributed by atoms with Gasteiger partial charge in [0.2, 0.25) is 0 Å². The Morgan fingerprint density at radius 1 is 1.44 bits per heavy atom. The van der Waals surface area contributed by atoms with Gasteiger partial charge in [-0.15, -0.1) is 0 Å². The van der Waals surface area contributed by atoms with Gasteiger partial charge in [-0.05, 0) is 24.0 Å². The van der Waals surface area contributed by atoms with Crippen LogP contribution in [0, 0.1) is 0 Å². The van der Waals surface area contributed by atoms with Crippen molar-refractivity contribution in [3.05, 3.63) is 35.4 Å². The van der Waals surface area contributed by atoms with Crippen LogP contribution in [-0.2, 0) is 16.5 Å². The van der Waals surface area contributed by atoms with E-state index in [0.29, 0.717) is 0 Å². The highest BCUT2D eigenvalue weighted by Crippen LogP contribution is 2.30. The number of alkyl halides is 1. The van der Waals surface area contributed by atoms with Gasteiger partial charge in [0.1, 0.15) is 11.9 Å². The molecule has 1 aromatic carbocycles. The maximum Gasteiger partial charge on any atom is 0.267 e. The van der Waals surface area contributed by atoms with Gasteiger partial charge in [-0.2, -0.15) is 8.42 Å². The molecule has 1 aliphatic rings. The third-order valence-corrected chi connectivity index (χ3v) is 3.89. The lowest BCUT2D eigenvalue weighted by atomic mass is 10.1. The minimum Gasteiger partial charge on any atom is -0.307 e. The third kappa shape index (κ3) is 3.51. The number of hydrogen-bond acceptors (Lipinski definition) is 3. The molecule has 100 valence electrons. The summed E-state index contributed by atoms with van der Waals surface area (Å²) in [5, 5.41) is 3.01. The van der Waals surface area contributed by atoms with Gasteiger partial charge in [0.05, 0.1) is 0 Å². The molecule has 2 N–H and O–H groups in total. The minimum absolute atomic E-state index is 0.0702. The van der Waals surface area contributed by atoms with Crippen LogP contribution in [0.25, 0.3) is 0 Å². The largest absolute Gasteiger partial charge is 0.307 e. The van der Waals surface area contributed by atoms with E-state index in [2.05, 4.69) is 5.32 Å². The first-order chi connectivity index (χ1) is 8.46. The van der Waals surface area contributed by atoms with Crippen molar-refractivity contribution in [3.8, 4) is 0 Å². The summed E-state index contributed by atoms with van der Waals surface area (Å²) in [5.74, 6) is -0.853. The Morgan fingerprint density at radius 2 is 2.17 bits per heavy atom. The molecule has 18 heavy (non-hydrogen) atoms. The van der Waals surface area contributed by atoms with E-state index in [9.17, 15) is 12.8 Å². The SMILES string of the molecule is O=S(=O)(O)C[C@H](F)CNC1CCc2ccccc21. The summed E-state index contributed by atoms with van der Waals surface area (Å²) >= 11 is 0. The number of halogens is 1. The number of aryl methyl sites for hydroxylation is 1. The van der Waals surface area contributed by atoms with Crippen LogP contribution in [0.15, 0.2) is 24.3 Å². The normalized spacial score (nSPS) is 20.7. The summed E-state index contributed by atoms with van der Waals surface area (Å²) in [6.07, 6.45) is 0.244. The Hall–Kier alpha value is -0.980. The lowest BCUT2D eigenvalue weighted by Gasteiger charge is -2.15. The fourth-order valence-corrected chi connectivity index (χ4v) is 2.90. The number of benzene rings is 1. The van der Waals surface area contributed by atoms with Crippen molar-refractivity contribution in [2.24, 2.45) is 0 Å². The molecule has 2 atom stereocenters. The average molecular weight is 273 g/mol.